The molecule has 0 saturated heterocycles. The van der Waals surface area contributed by atoms with Crippen molar-refractivity contribution in [3.05, 3.63) is 42.5 Å². The third-order valence-corrected chi connectivity index (χ3v) is 2.98. The van der Waals surface area contributed by atoms with Crippen molar-refractivity contribution in [2.45, 2.75) is 6.92 Å². The van der Waals surface area contributed by atoms with Crippen molar-refractivity contribution in [1.29, 1.82) is 0 Å². The molecule has 2 amide bonds. The van der Waals surface area contributed by atoms with Crippen LogP contribution in [0.1, 0.15) is 6.92 Å². The molecule has 2 aromatic rings. The predicted molar refractivity (Wildman–Crippen MR) is 75.9 cm³/mol. The van der Waals surface area contributed by atoms with Crippen LogP contribution in [0.15, 0.2) is 42.5 Å². The SMILES string of the molecule is CC(=O)N(C)CC(=O)Nc1cccc2ccccc12. The molecule has 0 atom stereocenters. The van der Waals surface area contributed by atoms with Gasteiger partial charge in [0.1, 0.15) is 0 Å². The molecule has 0 aliphatic carbocycles. The molecule has 4 nitrogen and oxygen atoms in total. The molecule has 0 aromatic heterocycles. The van der Waals surface area contributed by atoms with Crippen LogP contribution in [0, 0.1) is 0 Å². The maximum atomic E-state index is 11.9. The fourth-order valence-electron chi connectivity index (χ4n) is 1.85. The van der Waals surface area contributed by atoms with E-state index >= 15 is 0 Å². The number of likely N-dealkylation sites (N-methyl/N-ethyl adjacent to an activating group) is 1. The molecule has 0 aliphatic rings. The van der Waals surface area contributed by atoms with Crippen molar-refractivity contribution in [1.82, 2.24) is 4.90 Å². The van der Waals surface area contributed by atoms with Crippen molar-refractivity contribution >= 4 is 28.3 Å². The van der Waals surface area contributed by atoms with E-state index in [-0.39, 0.29) is 18.4 Å². The molecule has 98 valence electrons. The van der Waals surface area contributed by atoms with Gasteiger partial charge >= 0.3 is 0 Å². The number of hydrogen-bond acceptors (Lipinski definition) is 2. The number of carbonyl (C=O) groups excluding carboxylic acids is 2. The van der Waals surface area contributed by atoms with Crippen LogP contribution < -0.4 is 5.32 Å². The van der Waals surface area contributed by atoms with E-state index in [0.717, 1.165) is 16.5 Å². The van der Waals surface area contributed by atoms with Crippen molar-refractivity contribution in [2.75, 3.05) is 18.9 Å². The normalized spacial score (nSPS) is 10.2. The molecule has 0 unspecified atom stereocenters. The van der Waals surface area contributed by atoms with Gasteiger partial charge < -0.3 is 10.2 Å². The minimum atomic E-state index is -0.200. The Hall–Kier alpha value is -2.36. The minimum Gasteiger partial charge on any atom is -0.337 e. The molecule has 0 heterocycles. The monoisotopic (exact) mass is 256 g/mol. The Morgan fingerprint density at radius 3 is 2.53 bits per heavy atom. The number of carbonyl (C=O) groups is 2. The summed E-state index contributed by atoms with van der Waals surface area (Å²) >= 11 is 0. The first-order valence-corrected chi connectivity index (χ1v) is 6.07. The Bertz CT molecular complexity index is 617. The summed E-state index contributed by atoms with van der Waals surface area (Å²) in [5, 5.41) is 4.90. The summed E-state index contributed by atoms with van der Waals surface area (Å²) in [6.45, 7) is 1.49. The Balaban J connectivity index is 2.17. The second-order valence-corrected chi connectivity index (χ2v) is 4.45. The Labute approximate surface area is 112 Å². The van der Waals surface area contributed by atoms with Crippen LogP contribution in [0.4, 0.5) is 5.69 Å². The van der Waals surface area contributed by atoms with Crippen LogP contribution in [-0.4, -0.2) is 30.3 Å². The van der Waals surface area contributed by atoms with Gasteiger partial charge in [-0.15, -0.1) is 0 Å². The molecular weight excluding hydrogens is 240 g/mol. The first-order valence-electron chi connectivity index (χ1n) is 6.07. The number of hydrogen-bond donors (Lipinski definition) is 1. The molecule has 19 heavy (non-hydrogen) atoms. The van der Waals surface area contributed by atoms with E-state index in [1.54, 1.807) is 7.05 Å². The fraction of sp³-hybridized carbons (Fsp3) is 0.200. The van der Waals surface area contributed by atoms with Gasteiger partial charge in [-0.05, 0) is 11.5 Å². The summed E-state index contributed by atoms with van der Waals surface area (Å²) in [4.78, 5) is 24.3. The summed E-state index contributed by atoms with van der Waals surface area (Å²) in [5.41, 5.74) is 0.764. The van der Waals surface area contributed by atoms with Gasteiger partial charge in [0.25, 0.3) is 0 Å². The maximum absolute atomic E-state index is 11.9. The van der Waals surface area contributed by atoms with Gasteiger partial charge in [-0.1, -0.05) is 36.4 Å². The van der Waals surface area contributed by atoms with Gasteiger partial charge in [0.2, 0.25) is 11.8 Å². The van der Waals surface area contributed by atoms with Crippen LogP contribution in [0.2, 0.25) is 0 Å². The zero-order chi connectivity index (χ0) is 13.8. The molecule has 0 bridgehead atoms. The van der Waals surface area contributed by atoms with E-state index in [1.165, 1.54) is 11.8 Å². The smallest absolute Gasteiger partial charge is 0.243 e. The van der Waals surface area contributed by atoms with Gasteiger partial charge in [0.05, 0.1) is 6.54 Å². The number of nitrogens with one attached hydrogen (secondary N) is 1. The number of fused-ring (bicyclic) bond motifs is 1. The van der Waals surface area contributed by atoms with Crippen molar-refractivity contribution < 1.29 is 9.59 Å². The highest BCUT2D eigenvalue weighted by atomic mass is 16.2. The molecule has 0 saturated carbocycles. The van der Waals surface area contributed by atoms with Gasteiger partial charge in [-0.25, -0.2) is 0 Å². The number of amides is 2. The lowest BCUT2D eigenvalue weighted by molar-refractivity contribution is -0.131. The minimum absolute atomic E-state index is 0.0541. The molecule has 2 aromatic carbocycles. The lowest BCUT2D eigenvalue weighted by Gasteiger charge is -2.15. The van der Waals surface area contributed by atoms with E-state index < -0.39 is 0 Å². The second kappa shape index (κ2) is 5.52. The highest BCUT2D eigenvalue weighted by Crippen LogP contribution is 2.22. The lowest BCUT2D eigenvalue weighted by Crippen LogP contribution is -2.33. The highest BCUT2D eigenvalue weighted by molar-refractivity contribution is 6.03. The molecule has 0 spiro atoms. The lowest BCUT2D eigenvalue weighted by atomic mass is 10.1. The third-order valence-electron chi connectivity index (χ3n) is 2.98. The maximum Gasteiger partial charge on any atom is 0.243 e. The number of anilines is 1. The molecule has 0 fully saturated rings. The molecule has 0 radical (unpaired) electrons. The number of nitrogens with zero attached hydrogens (tertiary/aromatic N) is 1. The summed E-state index contributed by atoms with van der Waals surface area (Å²) in [6, 6.07) is 13.6. The largest absolute Gasteiger partial charge is 0.337 e. The van der Waals surface area contributed by atoms with E-state index in [1.807, 2.05) is 42.5 Å². The average molecular weight is 256 g/mol. The first kappa shape index (κ1) is 13.1. The van der Waals surface area contributed by atoms with Crippen molar-refractivity contribution in [3.8, 4) is 0 Å². The van der Waals surface area contributed by atoms with Crippen LogP contribution in [0.3, 0.4) is 0 Å². The molecule has 1 N–H and O–H groups in total. The summed E-state index contributed by atoms with van der Waals surface area (Å²) < 4.78 is 0. The molecule has 0 aliphatic heterocycles. The zero-order valence-electron chi connectivity index (χ0n) is 11.0. The summed E-state index contributed by atoms with van der Waals surface area (Å²) in [7, 11) is 1.60. The van der Waals surface area contributed by atoms with Crippen LogP contribution in [0.25, 0.3) is 10.8 Å². The second-order valence-electron chi connectivity index (χ2n) is 4.45. The predicted octanol–water partition coefficient (Wildman–Crippen LogP) is 2.26. The van der Waals surface area contributed by atoms with E-state index in [4.69, 9.17) is 0 Å². The third kappa shape index (κ3) is 3.10. The number of rotatable bonds is 3. The fourth-order valence-corrected chi connectivity index (χ4v) is 1.85. The van der Waals surface area contributed by atoms with E-state index in [2.05, 4.69) is 5.32 Å². The standard InChI is InChI=1S/C15H16N2O2/c1-11(18)17(2)10-15(19)16-14-9-5-7-12-6-3-4-8-13(12)14/h3-9H,10H2,1-2H3,(H,16,19). The quantitative estimate of drug-likeness (QED) is 0.915. The molecule has 2 rings (SSSR count). The molecule has 4 heteroatoms. The van der Waals surface area contributed by atoms with E-state index in [0.29, 0.717) is 0 Å². The summed E-state index contributed by atoms with van der Waals surface area (Å²) in [5.74, 6) is -0.331. The first-order chi connectivity index (χ1) is 9.08. The van der Waals surface area contributed by atoms with Crippen LogP contribution >= 0.6 is 0 Å². The Kier molecular flexibility index (Phi) is 3.80. The number of benzene rings is 2. The van der Waals surface area contributed by atoms with Crippen molar-refractivity contribution in [2.24, 2.45) is 0 Å². The Morgan fingerprint density at radius 2 is 1.79 bits per heavy atom. The van der Waals surface area contributed by atoms with Crippen LogP contribution in [0.5, 0.6) is 0 Å². The Morgan fingerprint density at radius 1 is 1.11 bits per heavy atom. The topological polar surface area (TPSA) is 49.4 Å². The van der Waals surface area contributed by atoms with Gasteiger partial charge in [-0.3, -0.25) is 9.59 Å². The zero-order valence-corrected chi connectivity index (χ0v) is 11.0. The summed E-state index contributed by atoms with van der Waals surface area (Å²) in [6.07, 6.45) is 0. The average Bonchev–Trinajstić information content (AvgIpc) is 2.39. The van der Waals surface area contributed by atoms with E-state index in [9.17, 15) is 9.59 Å². The van der Waals surface area contributed by atoms with Crippen molar-refractivity contribution in [3.63, 3.8) is 0 Å². The van der Waals surface area contributed by atoms with Gasteiger partial charge in [-0.2, -0.15) is 0 Å². The molecular formula is C15H16N2O2. The van der Waals surface area contributed by atoms with Crippen LogP contribution in [-0.2, 0) is 9.59 Å². The highest BCUT2D eigenvalue weighted by Gasteiger charge is 2.10. The van der Waals surface area contributed by atoms with Gasteiger partial charge in [0, 0.05) is 25.0 Å². The van der Waals surface area contributed by atoms with Gasteiger partial charge in [0.15, 0.2) is 0 Å².